The first-order valence-electron chi connectivity index (χ1n) is 8.63. The summed E-state index contributed by atoms with van der Waals surface area (Å²) in [6.07, 6.45) is 16.9. The SMILES string of the molecule is c1cnn(C2CC(NC3CCC(C4CCC4)CC3)C2)c1. The van der Waals surface area contributed by atoms with Crippen molar-refractivity contribution in [1.82, 2.24) is 15.1 Å². The number of aromatic nitrogens is 2. The zero-order valence-electron chi connectivity index (χ0n) is 12.4. The Morgan fingerprint density at radius 1 is 0.900 bits per heavy atom. The standard InChI is InChI=1S/C17H27N3/c1-3-13(4-1)14-5-7-15(8-6-14)19-16-11-17(12-16)20-10-2-9-18-20/h2,9-10,13-17,19H,1,3-8,11-12H2. The smallest absolute Gasteiger partial charge is 0.0548 e. The molecule has 0 radical (unpaired) electrons. The summed E-state index contributed by atoms with van der Waals surface area (Å²) in [7, 11) is 0. The molecule has 0 saturated heterocycles. The van der Waals surface area contributed by atoms with Crippen LogP contribution in [-0.4, -0.2) is 21.9 Å². The summed E-state index contributed by atoms with van der Waals surface area (Å²) in [5.41, 5.74) is 0. The lowest BCUT2D eigenvalue weighted by atomic mass is 9.69. The molecule has 3 heteroatoms. The molecule has 1 heterocycles. The van der Waals surface area contributed by atoms with Crippen LogP contribution in [-0.2, 0) is 0 Å². The van der Waals surface area contributed by atoms with Crippen LogP contribution in [0.1, 0.15) is 63.8 Å². The van der Waals surface area contributed by atoms with Gasteiger partial charge in [-0.1, -0.05) is 19.3 Å². The maximum atomic E-state index is 4.35. The average Bonchev–Trinajstić information content (AvgIpc) is 2.86. The van der Waals surface area contributed by atoms with Gasteiger partial charge in [0.1, 0.15) is 0 Å². The summed E-state index contributed by atoms with van der Waals surface area (Å²) < 4.78 is 2.13. The van der Waals surface area contributed by atoms with E-state index in [1.54, 1.807) is 0 Å². The Labute approximate surface area is 122 Å². The molecule has 110 valence electrons. The van der Waals surface area contributed by atoms with E-state index in [-0.39, 0.29) is 0 Å². The molecule has 3 fully saturated rings. The lowest BCUT2D eigenvalue weighted by molar-refractivity contribution is 0.128. The first kappa shape index (κ1) is 12.9. The van der Waals surface area contributed by atoms with Gasteiger partial charge in [0.05, 0.1) is 6.04 Å². The number of rotatable bonds is 4. The van der Waals surface area contributed by atoms with Gasteiger partial charge in [0, 0.05) is 24.5 Å². The van der Waals surface area contributed by atoms with E-state index < -0.39 is 0 Å². The molecule has 4 rings (SSSR count). The highest BCUT2D eigenvalue weighted by atomic mass is 15.3. The maximum Gasteiger partial charge on any atom is 0.0548 e. The Morgan fingerprint density at radius 3 is 2.25 bits per heavy atom. The number of nitrogens with one attached hydrogen (secondary N) is 1. The van der Waals surface area contributed by atoms with E-state index in [4.69, 9.17) is 0 Å². The fourth-order valence-electron chi connectivity index (χ4n) is 4.44. The van der Waals surface area contributed by atoms with Crippen molar-refractivity contribution in [2.75, 3.05) is 0 Å². The van der Waals surface area contributed by atoms with Crippen molar-refractivity contribution in [3.8, 4) is 0 Å². The third-order valence-corrected chi connectivity index (χ3v) is 6.07. The second-order valence-electron chi connectivity index (χ2n) is 7.28. The van der Waals surface area contributed by atoms with Crippen LogP contribution in [0.15, 0.2) is 18.5 Å². The Bertz CT molecular complexity index is 409. The van der Waals surface area contributed by atoms with Crippen LogP contribution in [0, 0.1) is 11.8 Å². The molecule has 0 atom stereocenters. The lowest BCUT2D eigenvalue weighted by Crippen LogP contribution is -2.48. The largest absolute Gasteiger partial charge is 0.311 e. The van der Waals surface area contributed by atoms with E-state index in [0.29, 0.717) is 6.04 Å². The minimum absolute atomic E-state index is 0.647. The minimum Gasteiger partial charge on any atom is -0.311 e. The van der Waals surface area contributed by atoms with Gasteiger partial charge >= 0.3 is 0 Å². The molecular weight excluding hydrogens is 246 g/mol. The molecule has 3 aliphatic rings. The minimum atomic E-state index is 0.647. The van der Waals surface area contributed by atoms with Crippen LogP contribution >= 0.6 is 0 Å². The third-order valence-electron chi connectivity index (χ3n) is 6.07. The van der Waals surface area contributed by atoms with Gasteiger partial charge in [-0.15, -0.1) is 0 Å². The molecular formula is C17H27N3. The average molecular weight is 273 g/mol. The van der Waals surface area contributed by atoms with Crippen molar-refractivity contribution < 1.29 is 0 Å². The molecule has 20 heavy (non-hydrogen) atoms. The molecule has 0 amide bonds. The molecule has 0 unspecified atom stereocenters. The monoisotopic (exact) mass is 273 g/mol. The summed E-state index contributed by atoms with van der Waals surface area (Å²) in [5, 5.41) is 8.26. The van der Waals surface area contributed by atoms with Crippen molar-refractivity contribution in [3.05, 3.63) is 18.5 Å². The molecule has 0 aromatic carbocycles. The highest BCUT2D eigenvalue weighted by Crippen LogP contribution is 2.41. The van der Waals surface area contributed by atoms with Gasteiger partial charge in [0.15, 0.2) is 0 Å². The summed E-state index contributed by atoms with van der Waals surface area (Å²) in [4.78, 5) is 0. The molecule has 1 aromatic heterocycles. The first-order valence-corrected chi connectivity index (χ1v) is 8.63. The van der Waals surface area contributed by atoms with Crippen LogP contribution in [0.4, 0.5) is 0 Å². The molecule has 3 saturated carbocycles. The predicted octanol–water partition coefficient (Wildman–Crippen LogP) is 3.54. The molecule has 3 nitrogen and oxygen atoms in total. The van der Waals surface area contributed by atoms with Gasteiger partial charge in [-0.25, -0.2) is 0 Å². The van der Waals surface area contributed by atoms with Gasteiger partial charge in [-0.3, -0.25) is 4.68 Å². The summed E-state index contributed by atoms with van der Waals surface area (Å²) in [6.45, 7) is 0. The van der Waals surface area contributed by atoms with Gasteiger partial charge in [-0.2, -0.15) is 5.10 Å². The zero-order valence-corrected chi connectivity index (χ0v) is 12.4. The van der Waals surface area contributed by atoms with E-state index in [1.807, 2.05) is 12.3 Å². The molecule has 1 aromatic rings. The first-order chi connectivity index (χ1) is 9.88. The van der Waals surface area contributed by atoms with Crippen molar-refractivity contribution in [2.45, 2.75) is 75.9 Å². The second kappa shape index (κ2) is 5.51. The topological polar surface area (TPSA) is 29.9 Å². The molecule has 1 N–H and O–H groups in total. The van der Waals surface area contributed by atoms with E-state index in [1.165, 1.54) is 57.8 Å². The normalized spacial score (nSPS) is 38.2. The molecule has 3 aliphatic carbocycles. The quantitative estimate of drug-likeness (QED) is 0.909. The highest BCUT2D eigenvalue weighted by molar-refractivity contribution is 4.94. The van der Waals surface area contributed by atoms with Crippen LogP contribution in [0.3, 0.4) is 0 Å². The number of hydrogen-bond donors (Lipinski definition) is 1. The third kappa shape index (κ3) is 2.52. The highest BCUT2D eigenvalue weighted by Gasteiger charge is 2.35. The predicted molar refractivity (Wildman–Crippen MR) is 80.5 cm³/mol. The van der Waals surface area contributed by atoms with Crippen molar-refractivity contribution in [3.63, 3.8) is 0 Å². The lowest BCUT2D eigenvalue weighted by Gasteiger charge is -2.42. The second-order valence-corrected chi connectivity index (χ2v) is 7.28. The fraction of sp³-hybridized carbons (Fsp3) is 0.824. The maximum absolute atomic E-state index is 4.35. The zero-order chi connectivity index (χ0) is 13.4. The van der Waals surface area contributed by atoms with E-state index in [2.05, 4.69) is 21.3 Å². The van der Waals surface area contributed by atoms with Gasteiger partial charge in [0.2, 0.25) is 0 Å². The van der Waals surface area contributed by atoms with Gasteiger partial charge in [0.25, 0.3) is 0 Å². The van der Waals surface area contributed by atoms with Gasteiger partial charge < -0.3 is 5.32 Å². The summed E-state index contributed by atoms with van der Waals surface area (Å²) in [6, 6.07) is 4.22. The van der Waals surface area contributed by atoms with Crippen LogP contribution in [0.2, 0.25) is 0 Å². The molecule has 0 aliphatic heterocycles. The summed E-state index contributed by atoms with van der Waals surface area (Å²) in [5.74, 6) is 2.17. The Kier molecular flexibility index (Phi) is 3.55. The number of nitrogens with zero attached hydrogens (tertiary/aromatic N) is 2. The van der Waals surface area contributed by atoms with Crippen LogP contribution in [0.25, 0.3) is 0 Å². The fourth-order valence-corrected chi connectivity index (χ4v) is 4.44. The van der Waals surface area contributed by atoms with Gasteiger partial charge in [-0.05, 0) is 56.4 Å². The Hall–Kier alpha value is -0.830. The van der Waals surface area contributed by atoms with Crippen molar-refractivity contribution in [1.29, 1.82) is 0 Å². The van der Waals surface area contributed by atoms with Crippen LogP contribution in [0.5, 0.6) is 0 Å². The molecule has 0 spiro atoms. The number of hydrogen-bond acceptors (Lipinski definition) is 2. The van der Waals surface area contributed by atoms with E-state index in [0.717, 1.165) is 23.9 Å². The Balaban J connectivity index is 1.18. The van der Waals surface area contributed by atoms with Crippen molar-refractivity contribution >= 4 is 0 Å². The van der Waals surface area contributed by atoms with E-state index in [9.17, 15) is 0 Å². The molecule has 0 bridgehead atoms. The summed E-state index contributed by atoms with van der Waals surface area (Å²) >= 11 is 0. The van der Waals surface area contributed by atoms with Crippen molar-refractivity contribution in [2.24, 2.45) is 11.8 Å². The Morgan fingerprint density at radius 2 is 1.65 bits per heavy atom. The van der Waals surface area contributed by atoms with Crippen LogP contribution < -0.4 is 5.32 Å². The van der Waals surface area contributed by atoms with E-state index >= 15 is 0 Å².